The molecule has 0 bridgehead atoms. The molecule has 15 heavy (non-hydrogen) atoms. The molecule has 2 rings (SSSR count). The van der Waals surface area contributed by atoms with E-state index in [2.05, 4.69) is 35.8 Å². The second kappa shape index (κ2) is 4.74. The Morgan fingerprint density at radius 1 is 1.67 bits per heavy atom. The fourth-order valence-corrected chi connectivity index (χ4v) is 4.55. The quantitative estimate of drug-likeness (QED) is 0.730. The van der Waals surface area contributed by atoms with Crippen molar-refractivity contribution in [1.82, 2.24) is 0 Å². The third-order valence-corrected chi connectivity index (χ3v) is 5.47. The molecule has 4 heteroatoms. The predicted molar refractivity (Wildman–Crippen MR) is 68.9 cm³/mol. The van der Waals surface area contributed by atoms with Crippen molar-refractivity contribution in [3.05, 3.63) is 20.3 Å². The lowest BCUT2D eigenvalue weighted by Gasteiger charge is -2.19. The lowest BCUT2D eigenvalue weighted by Crippen LogP contribution is -2.18. The van der Waals surface area contributed by atoms with Crippen LogP contribution in [0.15, 0.2) is 10.5 Å². The van der Waals surface area contributed by atoms with Crippen LogP contribution in [0.2, 0.25) is 0 Å². The highest BCUT2D eigenvalue weighted by atomic mass is 79.9. The summed E-state index contributed by atoms with van der Waals surface area (Å²) in [6.45, 7) is 5.15. The van der Waals surface area contributed by atoms with Crippen LogP contribution in [0.25, 0.3) is 0 Å². The molecule has 1 saturated heterocycles. The lowest BCUT2D eigenvalue weighted by atomic mass is 10.0. The summed E-state index contributed by atoms with van der Waals surface area (Å²) >= 11 is 11.8. The Morgan fingerprint density at radius 3 is 2.87 bits per heavy atom. The summed E-state index contributed by atoms with van der Waals surface area (Å²) in [5, 5.41) is -0.0180. The van der Waals surface area contributed by atoms with Crippen LogP contribution in [0.3, 0.4) is 0 Å². The first-order chi connectivity index (χ1) is 7.09. The van der Waals surface area contributed by atoms with E-state index in [4.69, 9.17) is 16.3 Å². The van der Waals surface area contributed by atoms with Crippen LogP contribution >= 0.6 is 38.9 Å². The zero-order valence-corrected chi connectivity index (χ0v) is 12.0. The van der Waals surface area contributed by atoms with Crippen LogP contribution < -0.4 is 0 Å². The van der Waals surface area contributed by atoms with Gasteiger partial charge in [0.15, 0.2) is 0 Å². The Bertz CT molecular complexity index is 352. The Balaban J connectivity index is 2.19. The van der Waals surface area contributed by atoms with E-state index < -0.39 is 0 Å². The van der Waals surface area contributed by atoms with E-state index in [-0.39, 0.29) is 11.5 Å². The monoisotopic (exact) mass is 308 g/mol. The van der Waals surface area contributed by atoms with Crippen molar-refractivity contribution in [1.29, 1.82) is 0 Å². The van der Waals surface area contributed by atoms with Gasteiger partial charge in [-0.3, -0.25) is 0 Å². The van der Waals surface area contributed by atoms with Crippen LogP contribution in [0.4, 0.5) is 0 Å². The molecule has 0 saturated carbocycles. The average Bonchev–Trinajstić information content (AvgIpc) is 2.71. The van der Waals surface area contributed by atoms with E-state index in [0.717, 1.165) is 17.5 Å². The molecule has 1 nitrogen and oxygen atoms in total. The Hall–Kier alpha value is 0.430. The molecule has 0 N–H and O–H groups in total. The van der Waals surface area contributed by atoms with E-state index in [9.17, 15) is 0 Å². The fraction of sp³-hybridized carbons (Fsp3) is 0.636. The zero-order chi connectivity index (χ0) is 11.0. The number of alkyl halides is 1. The summed E-state index contributed by atoms with van der Waals surface area (Å²) in [5.41, 5.74) is 0. The number of hydrogen-bond acceptors (Lipinski definition) is 2. The molecular formula is C11H14BrClOS. The van der Waals surface area contributed by atoms with Gasteiger partial charge in [0.05, 0.1) is 11.5 Å². The van der Waals surface area contributed by atoms with Crippen molar-refractivity contribution in [2.75, 3.05) is 6.61 Å². The molecule has 1 fully saturated rings. The third kappa shape index (κ3) is 2.41. The second-order valence-corrected chi connectivity index (χ2v) is 6.68. The van der Waals surface area contributed by atoms with E-state index >= 15 is 0 Å². The van der Waals surface area contributed by atoms with Crippen molar-refractivity contribution in [2.45, 2.75) is 31.7 Å². The van der Waals surface area contributed by atoms with Gasteiger partial charge < -0.3 is 4.74 Å². The van der Waals surface area contributed by atoms with Gasteiger partial charge in [-0.1, -0.05) is 6.92 Å². The van der Waals surface area contributed by atoms with Gasteiger partial charge in [-0.05, 0) is 41.3 Å². The molecular weight excluding hydrogens is 296 g/mol. The first kappa shape index (κ1) is 11.9. The molecule has 0 spiro atoms. The van der Waals surface area contributed by atoms with Crippen molar-refractivity contribution in [3.8, 4) is 0 Å². The Labute approximate surface area is 108 Å². The van der Waals surface area contributed by atoms with Gasteiger partial charge >= 0.3 is 0 Å². The average molecular weight is 310 g/mol. The smallest absolute Gasteiger partial charge is 0.0953 e. The standard InChI is InChI=1S/C11H14BrClOS/c1-6-3-4-14-10(6)9(13)11-8(12)5-7(2)15-11/h5-6,9-10H,3-4H2,1-2H3. The molecule has 0 radical (unpaired) electrons. The number of rotatable bonds is 2. The predicted octanol–water partition coefficient (Wildman–Crippen LogP) is 4.52. The largest absolute Gasteiger partial charge is 0.376 e. The molecule has 84 valence electrons. The van der Waals surface area contributed by atoms with E-state index in [1.807, 2.05) is 0 Å². The minimum atomic E-state index is -0.0180. The van der Waals surface area contributed by atoms with E-state index in [1.165, 1.54) is 9.75 Å². The number of halogens is 2. The minimum absolute atomic E-state index is 0.0180. The number of aryl methyl sites for hydroxylation is 1. The van der Waals surface area contributed by atoms with Crippen LogP contribution in [0.5, 0.6) is 0 Å². The van der Waals surface area contributed by atoms with Gasteiger partial charge in [-0.25, -0.2) is 0 Å². The molecule has 3 unspecified atom stereocenters. The highest BCUT2D eigenvalue weighted by Crippen LogP contribution is 2.42. The third-order valence-electron chi connectivity index (χ3n) is 2.82. The summed E-state index contributed by atoms with van der Waals surface area (Å²) in [6, 6.07) is 2.12. The zero-order valence-electron chi connectivity index (χ0n) is 8.80. The summed E-state index contributed by atoms with van der Waals surface area (Å²) in [7, 11) is 0. The molecule has 0 aromatic carbocycles. The SMILES string of the molecule is Cc1cc(Br)c(C(Cl)C2OCCC2C)s1. The van der Waals surface area contributed by atoms with Gasteiger partial charge in [0.1, 0.15) is 0 Å². The summed E-state index contributed by atoms with van der Waals surface area (Å²) in [5.74, 6) is 0.557. The minimum Gasteiger partial charge on any atom is -0.376 e. The highest BCUT2D eigenvalue weighted by molar-refractivity contribution is 9.10. The summed E-state index contributed by atoms with van der Waals surface area (Å²) in [4.78, 5) is 2.49. The molecule has 1 aromatic rings. The van der Waals surface area contributed by atoms with Gasteiger partial charge in [0.25, 0.3) is 0 Å². The van der Waals surface area contributed by atoms with E-state index in [0.29, 0.717) is 5.92 Å². The lowest BCUT2D eigenvalue weighted by molar-refractivity contribution is 0.0909. The maximum Gasteiger partial charge on any atom is 0.0953 e. The number of thiophene rings is 1. The number of hydrogen-bond donors (Lipinski definition) is 0. The first-order valence-corrected chi connectivity index (χ1v) is 7.15. The van der Waals surface area contributed by atoms with Gasteiger partial charge in [-0.2, -0.15) is 0 Å². The maximum absolute atomic E-state index is 6.48. The molecule has 0 amide bonds. The molecule has 3 atom stereocenters. The Morgan fingerprint density at radius 2 is 2.40 bits per heavy atom. The maximum atomic E-state index is 6.48. The fourth-order valence-electron chi connectivity index (χ4n) is 1.93. The summed E-state index contributed by atoms with van der Waals surface area (Å²) < 4.78 is 6.82. The van der Waals surface area contributed by atoms with Crippen LogP contribution in [-0.4, -0.2) is 12.7 Å². The topological polar surface area (TPSA) is 9.23 Å². The van der Waals surface area contributed by atoms with Crippen molar-refractivity contribution in [2.24, 2.45) is 5.92 Å². The molecule has 1 aromatic heterocycles. The van der Waals surface area contributed by atoms with Crippen LogP contribution in [-0.2, 0) is 4.74 Å². The molecule has 1 aliphatic rings. The van der Waals surface area contributed by atoms with Gasteiger partial charge in [0.2, 0.25) is 0 Å². The van der Waals surface area contributed by atoms with Gasteiger partial charge in [-0.15, -0.1) is 22.9 Å². The molecule has 2 heterocycles. The van der Waals surface area contributed by atoms with Crippen molar-refractivity contribution >= 4 is 38.9 Å². The summed E-state index contributed by atoms with van der Waals surface area (Å²) in [6.07, 6.45) is 1.29. The highest BCUT2D eigenvalue weighted by Gasteiger charge is 2.33. The van der Waals surface area contributed by atoms with Gasteiger partial charge in [0, 0.05) is 20.8 Å². The second-order valence-electron chi connectivity index (χ2n) is 4.07. The van der Waals surface area contributed by atoms with Crippen LogP contribution in [0.1, 0.15) is 28.5 Å². The van der Waals surface area contributed by atoms with E-state index in [1.54, 1.807) is 11.3 Å². The Kier molecular flexibility index (Phi) is 3.76. The first-order valence-electron chi connectivity index (χ1n) is 5.11. The normalized spacial score (nSPS) is 28.3. The van der Waals surface area contributed by atoms with Crippen molar-refractivity contribution in [3.63, 3.8) is 0 Å². The van der Waals surface area contributed by atoms with Crippen molar-refractivity contribution < 1.29 is 4.74 Å². The molecule has 0 aliphatic carbocycles. The number of ether oxygens (including phenoxy) is 1. The van der Waals surface area contributed by atoms with Crippen LogP contribution in [0, 0.1) is 12.8 Å². The molecule has 1 aliphatic heterocycles.